The van der Waals surface area contributed by atoms with Gasteiger partial charge in [0.05, 0.1) is 16.3 Å². The number of amides is 1. The second kappa shape index (κ2) is 5.94. The molecule has 0 aromatic heterocycles. The number of hydrogen-bond acceptors (Lipinski definition) is 2. The van der Waals surface area contributed by atoms with E-state index in [1.165, 1.54) is 18.2 Å². The summed E-state index contributed by atoms with van der Waals surface area (Å²) in [5.74, 6) is -1.44. The number of anilines is 1. The molecular formula is C14H9Cl2NO3. The zero-order valence-corrected chi connectivity index (χ0v) is 11.6. The number of carboxylic acid groups (broad SMARTS) is 1. The van der Waals surface area contributed by atoms with Crippen LogP contribution in [-0.4, -0.2) is 17.0 Å². The second-order valence-corrected chi connectivity index (χ2v) is 4.80. The first-order chi connectivity index (χ1) is 9.47. The zero-order chi connectivity index (χ0) is 14.7. The number of nitrogens with one attached hydrogen (secondary N) is 1. The third kappa shape index (κ3) is 3.29. The molecule has 2 rings (SSSR count). The van der Waals surface area contributed by atoms with Gasteiger partial charge in [-0.25, -0.2) is 4.79 Å². The fraction of sp³-hybridized carbons (Fsp3) is 0. The van der Waals surface area contributed by atoms with Gasteiger partial charge in [0, 0.05) is 10.6 Å². The summed E-state index contributed by atoms with van der Waals surface area (Å²) in [5.41, 5.74) is 0.823. The second-order valence-electron chi connectivity index (χ2n) is 3.96. The quantitative estimate of drug-likeness (QED) is 0.902. The summed E-state index contributed by atoms with van der Waals surface area (Å²) >= 11 is 11.7. The van der Waals surface area contributed by atoms with Crippen LogP contribution in [0.15, 0.2) is 42.5 Å². The molecule has 0 unspecified atom stereocenters. The van der Waals surface area contributed by atoms with Crippen molar-refractivity contribution >= 4 is 40.8 Å². The monoisotopic (exact) mass is 309 g/mol. The number of carbonyl (C=O) groups excluding carboxylic acids is 1. The minimum atomic E-state index is -1.08. The average Bonchev–Trinajstić information content (AvgIpc) is 2.41. The summed E-state index contributed by atoms with van der Waals surface area (Å²) in [6.07, 6.45) is 0. The van der Waals surface area contributed by atoms with Crippen LogP contribution in [0.4, 0.5) is 5.69 Å². The molecule has 0 aliphatic heterocycles. The molecule has 2 aromatic rings. The van der Waals surface area contributed by atoms with E-state index in [-0.39, 0.29) is 16.5 Å². The van der Waals surface area contributed by atoms with Crippen molar-refractivity contribution in [3.63, 3.8) is 0 Å². The molecule has 1 amide bonds. The molecule has 0 spiro atoms. The molecule has 4 nitrogen and oxygen atoms in total. The maximum atomic E-state index is 12.0. The molecule has 20 heavy (non-hydrogen) atoms. The van der Waals surface area contributed by atoms with Gasteiger partial charge in [-0.1, -0.05) is 23.2 Å². The molecule has 0 saturated carbocycles. The van der Waals surface area contributed by atoms with E-state index in [1.807, 2.05) is 0 Å². The van der Waals surface area contributed by atoms with Gasteiger partial charge in [-0.3, -0.25) is 4.79 Å². The summed E-state index contributed by atoms with van der Waals surface area (Å²) in [5, 5.41) is 12.1. The van der Waals surface area contributed by atoms with Crippen LogP contribution in [0.5, 0.6) is 0 Å². The predicted octanol–water partition coefficient (Wildman–Crippen LogP) is 3.94. The highest BCUT2D eigenvalue weighted by atomic mass is 35.5. The fourth-order valence-corrected chi connectivity index (χ4v) is 1.90. The highest BCUT2D eigenvalue weighted by Gasteiger charge is 2.11. The number of halogens is 2. The van der Waals surface area contributed by atoms with E-state index in [4.69, 9.17) is 28.3 Å². The number of carbonyl (C=O) groups is 2. The Morgan fingerprint density at radius 2 is 1.55 bits per heavy atom. The third-order valence-corrected chi connectivity index (χ3v) is 3.14. The summed E-state index contributed by atoms with van der Waals surface area (Å²) in [4.78, 5) is 22.7. The zero-order valence-electron chi connectivity index (χ0n) is 10.1. The maximum absolute atomic E-state index is 12.0. The topological polar surface area (TPSA) is 66.4 Å². The Morgan fingerprint density at radius 3 is 2.10 bits per heavy atom. The number of hydrogen-bond donors (Lipinski definition) is 2. The summed E-state index contributed by atoms with van der Waals surface area (Å²) < 4.78 is 0. The van der Waals surface area contributed by atoms with E-state index < -0.39 is 5.97 Å². The van der Waals surface area contributed by atoms with Gasteiger partial charge in [-0.05, 0) is 42.5 Å². The average molecular weight is 310 g/mol. The summed E-state index contributed by atoms with van der Waals surface area (Å²) in [6.45, 7) is 0. The van der Waals surface area contributed by atoms with Gasteiger partial charge in [-0.2, -0.15) is 0 Å². The highest BCUT2D eigenvalue weighted by molar-refractivity contribution is 6.34. The summed E-state index contributed by atoms with van der Waals surface area (Å²) in [7, 11) is 0. The van der Waals surface area contributed by atoms with Crippen molar-refractivity contribution in [3.8, 4) is 0 Å². The van der Waals surface area contributed by atoms with Crippen molar-refractivity contribution in [1.29, 1.82) is 0 Å². The van der Waals surface area contributed by atoms with Gasteiger partial charge in [0.15, 0.2) is 0 Å². The lowest BCUT2D eigenvalue weighted by Crippen LogP contribution is -2.12. The molecule has 0 heterocycles. The van der Waals surface area contributed by atoms with E-state index in [0.29, 0.717) is 16.3 Å². The van der Waals surface area contributed by atoms with Gasteiger partial charge in [0.25, 0.3) is 5.91 Å². The first-order valence-electron chi connectivity index (χ1n) is 5.57. The molecule has 2 aromatic carbocycles. The molecule has 0 fully saturated rings. The number of benzene rings is 2. The van der Waals surface area contributed by atoms with Gasteiger partial charge >= 0.3 is 5.97 Å². The van der Waals surface area contributed by atoms with Crippen LogP contribution in [0.25, 0.3) is 0 Å². The van der Waals surface area contributed by atoms with Gasteiger partial charge in [0.1, 0.15) is 0 Å². The Balaban J connectivity index is 2.19. The van der Waals surface area contributed by atoms with Gasteiger partial charge < -0.3 is 10.4 Å². The Kier molecular flexibility index (Phi) is 4.27. The number of rotatable bonds is 3. The predicted molar refractivity (Wildman–Crippen MR) is 77.8 cm³/mol. The van der Waals surface area contributed by atoms with Crippen molar-refractivity contribution in [2.24, 2.45) is 0 Å². The van der Waals surface area contributed by atoms with Crippen LogP contribution < -0.4 is 5.32 Å². The molecule has 0 radical (unpaired) electrons. The molecule has 2 N–H and O–H groups in total. The van der Waals surface area contributed by atoms with Crippen LogP contribution in [0.2, 0.25) is 10.0 Å². The molecular weight excluding hydrogens is 301 g/mol. The SMILES string of the molecule is O=C(O)c1ccc(NC(=O)c2ccc(Cl)cc2)c(Cl)c1. The van der Waals surface area contributed by atoms with Crippen LogP contribution in [0, 0.1) is 0 Å². The van der Waals surface area contributed by atoms with E-state index in [2.05, 4.69) is 5.32 Å². The van der Waals surface area contributed by atoms with Crippen LogP contribution in [0.1, 0.15) is 20.7 Å². The number of carboxylic acids is 1. The van der Waals surface area contributed by atoms with Crippen LogP contribution >= 0.6 is 23.2 Å². The Hall–Kier alpha value is -2.04. The van der Waals surface area contributed by atoms with Gasteiger partial charge in [-0.15, -0.1) is 0 Å². The molecule has 0 aliphatic rings. The van der Waals surface area contributed by atoms with Crippen molar-refractivity contribution in [1.82, 2.24) is 0 Å². The lowest BCUT2D eigenvalue weighted by atomic mass is 10.2. The van der Waals surface area contributed by atoms with E-state index in [9.17, 15) is 9.59 Å². The van der Waals surface area contributed by atoms with E-state index in [0.717, 1.165) is 0 Å². The lowest BCUT2D eigenvalue weighted by molar-refractivity contribution is 0.0696. The largest absolute Gasteiger partial charge is 0.478 e. The Bertz CT molecular complexity index is 669. The Morgan fingerprint density at radius 1 is 0.950 bits per heavy atom. The van der Waals surface area contributed by atoms with Crippen LogP contribution in [0.3, 0.4) is 0 Å². The molecule has 0 saturated heterocycles. The fourth-order valence-electron chi connectivity index (χ4n) is 1.55. The first-order valence-corrected chi connectivity index (χ1v) is 6.33. The smallest absolute Gasteiger partial charge is 0.335 e. The standard InChI is InChI=1S/C14H9Cl2NO3/c15-10-4-1-8(2-5-10)13(18)17-12-6-3-9(14(19)20)7-11(12)16/h1-7H,(H,17,18)(H,19,20). The summed E-state index contributed by atoms with van der Waals surface area (Å²) in [6, 6.07) is 10.5. The van der Waals surface area contributed by atoms with E-state index in [1.54, 1.807) is 24.3 Å². The van der Waals surface area contributed by atoms with Crippen LogP contribution in [-0.2, 0) is 0 Å². The molecule has 102 valence electrons. The molecule has 6 heteroatoms. The molecule has 0 bridgehead atoms. The first kappa shape index (κ1) is 14.4. The molecule has 0 atom stereocenters. The minimum Gasteiger partial charge on any atom is -0.478 e. The third-order valence-electron chi connectivity index (χ3n) is 2.57. The Labute approximate surface area is 124 Å². The van der Waals surface area contributed by atoms with Crippen molar-refractivity contribution in [3.05, 3.63) is 63.6 Å². The van der Waals surface area contributed by atoms with Crippen molar-refractivity contribution < 1.29 is 14.7 Å². The lowest BCUT2D eigenvalue weighted by Gasteiger charge is -2.08. The van der Waals surface area contributed by atoms with Crippen molar-refractivity contribution in [2.75, 3.05) is 5.32 Å². The normalized spacial score (nSPS) is 10.1. The molecule has 0 aliphatic carbocycles. The highest BCUT2D eigenvalue weighted by Crippen LogP contribution is 2.24. The number of aromatic carboxylic acids is 1. The van der Waals surface area contributed by atoms with Crippen molar-refractivity contribution in [2.45, 2.75) is 0 Å². The van der Waals surface area contributed by atoms with Gasteiger partial charge in [0.2, 0.25) is 0 Å². The van der Waals surface area contributed by atoms with E-state index >= 15 is 0 Å². The minimum absolute atomic E-state index is 0.0551. The maximum Gasteiger partial charge on any atom is 0.335 e.